The molecule has 1 heterocycles. The molecule has 2 unspecified atom stereocenters. The summed E-state index contributed by atoms with van der Waals surface area (Å²) in [6.07, 6.45) is 3.19. The predicted octanol–water partition coefficient (Wildman–Crippen LogP) is 0.620. The van der Waals surface area contributed by atoms with Crippen molar-refractivity contribution in [3.63, 3.8) is 0 Å². The minimum absolute atomic E-state index is 0.112. The maximum absolute atomic E-state index is 11.8. The summed E-state index contributed by atoms with van der Waals surface area (Å²) in [6.45, 7) is 1.83. The lowest BCUT2D eigenvalue weighted by Gasteiger charge is -2.12. The Morgan fingerprint density at radius 3 is 2.88 bits per heavy atom. The molecule has 0 aliphatic rings. The molecule has 1 aromatic heterocycles. The highest BCUT2D eigenvalue weighted by Crippen LogP contribution is 2.06. The van der Waals surface area contributed by atoms with Gasteiger partial charge >= 0.3 is 0 Å². The Bertz CT molecular complexity index is 423. The number of aromatic nitrogens is 1. The van der Waals surface area contributed by atoms with E-state index in [9.17, 15) is 9.00 Å². The molecular formula is C11H17N3O2S. The molecule has 0 bridgehead atoms. The van der Waals surface area contributed by atoms with Gasteiger partial charge in [0.25, 0.3) is 5.91 Å². The van der Waals surface area contributed by atoms with Gasteiger partial charge in [-0.2, -0.15) is 0 Å². The molecule has 2 N–H and O–H groups in total. The third-order valence-electron chi connectivity index (χ3n) is 2.14. The number of amides is 1. The molecule has 0 aliphatic carbocycles. The van der Waals surface area contributed by atoms with E-state index in [1.165, 1.54) is 0 Å². The van der Waals surface area contributed by atoms with E-state index in [0.717, 1.165) is 0 Å². The van der Waals surface area contributed by atoms with E-state index >= 15 is 0 Å². The molecule has 0 saturated carbocycles. The van der Waals surface area contributed by atoms with E-state index in [1.54, 1.807) is 31.6 Å². The van der Waals surface area contributed by atoms with E-state index in [1.807, 2.05) is 6.92 Å². The second kappa shape index (κ2) is 6.34. The van der Waals surface area contributed by atoms with Crippen LogP contribution in [0.15, 0.2) is 18.3 Å². The van der Waals surface area contributed by atoms with Crippen molar-refractivity contribution in [2.24, 2.45) is 0 Å². The van der Waals surface area contributed by atoms with Gasteiger partial charge in [0, 0.05) is 47.7 Å². The van der Waals surface area contributed by atoms with Crippen molar-refractivity contribution < 1.29 is 9.00 Å². The number of anilines is 1. The summed E-state index contributed by atoms with van der Waals surface area (Å²) in [5, 5.41) is 5.66. The van der Waals surface area contributed by atoms with Crippen molar-refractivity contribution in [1.29, 1.82) is 0 Å². The largest absolute Gasteiger partial charge is 0.373 e. The zero-order valence-electron chi connectivity index (χ0n) is 10.2. The molecule has 1 aromatic rings. The van der Waals surface area contributed by atoms with Gasteiger partial charge in [0.15, 0.2) is 0 Å². The van der Waals surface area contributed by atoms with Crippen LogP contribution in [0.2, 0.25) is 0 Å². The zero-order chi connectivity index (χ0) is 12.8. The Morgan fingerprint density at radius 1 is 1.59 bits per heavy atom. The minimum atomic E-state index is -0.914. The molecule has 0 aromatic carbocycles. The van der Waals surface area contributed by atoms with Gasteiger partial charge in [-0.05, 0) is 19.1 Å². The number of hydrogen-bond acceptors (Lipinski definition) is 4. The molecular weight excluding hydrogens is 238 g/mol. The highest BCUT2D eigenvalue weighted by atomic mass is 32.2. The lowest BCUT2D eigenvalue weighted by Crippen LogP contribution is -2.36. The highest BCUT2D eigenvalue weighted by Gasteiger charge is 2.11. The topological polar surface area (TPSA) is 71.1 Å². The van der Waals surface area contributed by atoms with Crippen LogP contribution >= 0.6 is 0 Å². The lowest BCUT2D eigenvalue weighted by atomic mass is 10.2. The van der Waals surface area contributed by atoms with Crippen molar-refractivity contribution in [2.45, 2.75) is 13.0 Å². The number of nitrogens with one attached hydrogen (secondary N) is 2. The number of hydrogen-bond donors (Lipinski definition) is 2. The molecule has 1 rings (SSSR count). The van der Waals surface area contributed by atoms with Crippen molar-refractivity contribution in [3.05, 3.63) is 23.9 Å². The SMILES string of the molecule is CNc1cc(C(=O)NC(C)CS(C)=O)ccn1. The fourth-order valence-corrected chi connectivity index (χ4v) is 2.20. The van der Waals surface area contributed by atoms with Gasteiger partial charge < -0.3 is 10.6 Å². The molecule has 0 aliphatic heterocycles. The summed E-state index contributed by atoms with van der Waals surface area (Å²) in [6, 6.07) is 3.20. The van der Waals surface area contributed by atoms with Crippen molar-refractivity contribution in [2.75, 3.05) is 24.4 Å². The molecule has 0 radical (unpaired) electrons. The van der Waals surface area contributed by atoms with Crippen LogP contribution in [-0.4, -0.2) is 40.2 Å². The Labute approximate surface area is 103 Å². The summed E-state index contributed by atoms with van der Waals surface area (Å²) in [4.78, 5) is 15.9. The molecule has 94 valence electrons. The Hall–Kier alpha value is -1.43. The maximum atomic E-state index is 11.8. The number of pyridine rings is 1. The van der Waals surface area contributed by atoms with Crippen molar-refractivity contribution in [1.82, 2.24) is 10.3 Å². The fourth-order valence-electron chi connectivity index (χ4n) is 1.41. The summed E-state index contributed by atoms with van der Waals surface area (Å²) in [5.74, 6) is 0.918. The quantitative estimate of drug-likeness (QED) is 0.809. The maximum Gasteiger partial charge on any atom is 0.251 e. The van der Waals surface area contributed by atoms with Crippen LogP contribution in [-0.2, 0) is 10.8 Å². The first-order valence-corrected chi connectivity index (χ1v) is 7.00. The van der Waals surface area contributed by atoms with E-state index in [2.05, 4.69) is 15.6 Å². The monoisotopic (exact) mass is 255 g/mol. The van der Waals surface area contributed by atoms with Crippen LogP contribution in [0.1, 0.15) is 17.3 Å². The van der Waals surface area contributed by atoms with E-state index < -0.39 is 10.8 Å². The van der Waals surface area contributed by atoms with E-state index in [-0.39, 0.29) is 11.9 Å². The van der Waals surface area contributed by atoms with Crippen LogP contribution in [0.3, 0.4) is 0 Å². The first kappa shape index (κ1) is 13.6. The Kier molecular flexibility index (Phi) is 5.09. The highest BCUT2D eigenvalue weighted by molar-refractivity contribution is 7.84. The third-order valence-corrected chi connectivity index (χ3v) is 3.11. The molecule has 0 spiro atoms. The van der Waals surface area contributed by atoms with E-state index in [4.69, 9.17) is 0 Å². The molecule has 5 nitrogen and oxygen atoms in total. The third kappa shape index (κ3) is 4.52. The predicted molar refractivity (Wildman–Crippen MR) is 69.6 cm³/mol. The molecule has 0 fully saturated rings. The lowest BCUT2D eigenvalue weighted by molar-refractivity contribution is 0.0943. The number of nitrogens with zero attached hydrogens (tertiary/aromatic N) is 1. The van der Waals surface area contributed by atoms with Crippen LogP contribution in [0.4, 0.5) is 5.82 Å². The number of carbonyl (C=O) groups is 1. The van der Waals surface area contributed by atoms with E-state index in [0.29, 0.717) is 17.1 Å². The molecule has 1 amide bonds. The van der Waals surface area contributed by atoms with Crippen molar-refractivity contribution in [3.8, 4) is 0 Å². The second-order valence-corrected chi connectivity index (χ2v) is 5.27. The van der Waals surface area contributed by atoms with Crippen LogP contribution in [0, 0.1) is 0 Å². The summed E-state index contributed by atoms with van der Waals surface area (Å²) < 4.78 is 11.0. The van der Waals surface area contributed by atoms with Gasteiger partial charge in [-0.3, -0.25) is 9.00 Å². The molecule has 2 atom stereocenters. The van der Waals surface area contributed by atoms with Gasteiger partial charge in [-0.1, -0.05) is 0 Å². The Morgan fingerprint density at radius 2 is 2.29 bits per heavy atom. The smallest absolute Gasteiger partial charge is 0.251 e. The average molecular weight is 255 g/mol. The van der Waals surface area contributed by atoms with Gasteiger partial charge in [0.2, 0.25) is 0 Å². The second-order valence-electron chi connectivity index (χ2n) is 3.79. The van der Waals surface area contributed by atoms with Crippen LogP contribution in [0.5, 0.6) is 0 Å². The molecule has 6 heteroatoms. The standard InChI is InChI=1S/C11H17N3O2S/c1-8(7-17(3)16)14-11(15)9-4-5-13-10(6-9)12-2/h4-6,8H,7H2,1-3H3,(H,12,13)(H,14,15). The first-order chi connectivity index (χ1) is 8.02. The minimum Gasteiger partial charge on any atom is -0.373 e. The molecule has 17 heavy (non-hydrogen) atoms. The summed E-state index contributed by atoms with van der Waals surface area (Å²) >= 11 is 0. The van der Waals surface area contributed by atoms with Crippen molar-refractivity contribution >= 4 is 22.5 Å². The zero-order valence-corrected chi connectivity index (χ0v) is 11.0. The number of carbonyl (C=O) groups excluding carboxylic acids is 1. The first-order valence-electron chi connectivity index (χ1n) is 5.27. The number of rotatable bonds is 5. The Balaban J connectivity index is 2.66. The van der Waals surface area contributed by atoms with Gasteiger partial charge in [-0.25, -0.2) is 4.98 Å². The summed E-state index contributed by atoms with van der Waals surface area (Å²) in [7, 11) is 0.829. The van der Waals surface area contributed by atoms with Gasteiger partial charge in [0.05, 0.1) is 0 Å². The normalized spacial score (nSPS) is 13.8. The fraction of sp³-hybridized carbons (Fsp3) is 0.455. The van der Waals surface area contributed by atoms with Gasteiger partial charge in [0.1, 0.15) is 5.82 Å². The average Bonchev–Trinajstić information content (AvgIpc) is 2.27. The molecule has 0 saturated heterocycles. The van der Waals surface area contributed by atoms with Crippen LogP contribution in [0.25, 0.3) is 0 Å². The van der Waals surface area contributed by atoms with Crippen LogP contribution < -0.4 is 10.6 Å². The summed E-state index contributed by atoms with van der Waals surface area (Å²) in [5.41, 5.74) is 0.540. The van der Waals surface area contributed by atoms with Gasteiger partial charge in [-0.15, -0.1) is 0 Å².